The Labute approximate surface area is 170 Å². The highest BCUT2D eigenvalue weighted by molar-refractivity contribution is 6.30. The molecule has 0 radical (unpaired) electrons. The van der Waals surface area contributed by atoms with Gasteiger partial charge in [-0.15, -0.1) is 12.4 Å². The van der Waals surface area contributed by atoms with Gasteiger partial charge in [-0.2, -0.15) is 0 Å². The number of benzene rings is 2. The zero-order chi connectivity index (χ0) is 18.4. The molecule has 1 aliphatic heterocycles. The molecule has 1 amide bonds. The molecule has 1 heterocycles. The van der Waals surface area contributed by atoms with E-state index >= 15 is 0 Å². The number of halogens is 2. The van der Waals surface area contributed by atoms with E-state index in [0.29, 0.717) is 28.3 Å². The maximum Gasteiger partial charge on any atom is 0.252 e. The fraction of sp³-hybridized carbons (Fsp3) is 0.300. The monoisotopic (exact) mass is 407 g/mol. The van der Waals surface area contributed by atoms with E-state index in [4.69, 9.17) is 11.6 Å². The molecule has 1 fully saturated rings. The van der Waals surface area contributed by atoms with Gasteiger partial charge < -0.3 is 10.6 Å². The average Bonchev–Trinajstić information content (AvgIpc) is 2.69. The fourth-order valence-corrected chi connectivity index (χ4v) is 3.12. The van der Waals surface area contributed by atoms with Gasteiger partial charge in [-0.25, -0.2) is 0 Å². The van der Waals surface area contributed by atoms with Crippen LogP contribution in [0.3, 0.4) is 0 Å². The van der Waals surface area contributed by atoms with Gasteiger partial charge in [-0.1, -0.05) is 29.8 Å². The Morgan fingerprint density at radius 1 is 1.00 bits per heavy atom. The van der Waals surface area contributed by atoms with E-state index in [9.17, 15) is 9.59 Å². The maximum atomic E-state index is 12.8. The normalized spacial score (nSPS) is 14.3. The van der Waals surface area contributed by atoms with Crippen LogP contribution in [-0.4, -0.2) is 55.9 Å². The van der Waals surface area contributed by atoms with Crippen molar-refractivity contribution in [1.82, 2.24) is 15.5 Å². The van der Waals surface area contributed by atoms with Crippen molar-refractivity contribution in [3.63, 3.8) is 0 Å². The Kier molecular flexibility index (Phi) is 8.25. The Bertz CT molecular complexity index is 775. The molecule has 1 saturated heterocycles. The van der Waals surface area contributed by atoms with E-state index in [1.54, 1.807) is 48.5 Å². The molecule has 1 aliphatic rings. The molecule has 0 saturated carbocycles. The van der Waals surface area contributed by atoms with Gasteiger partial charge in [0.25, 0.3) is 5.91 Å². The molecule has 144 valence electrons. The summed E-state index contributed by atoms with van der Waals surface area (Å²) >= 11 is 5.88. The van der Waals surface area contributed by atoms with Crippen LogP contribution in [0.15, 0.2) is 48.5 Å². The van der Waals surface area contributed by atoms with Crippen LogP contribution in [0.5, 0.6) is 0 Å². The van der Waals surface area contributed by atoms with Gasteiger partial charge in [0.1, 0.15) is 0 Å². The molecule has 27 heavy (non-hydrogen) atoms. The van der Waals surface area contributed by atoms with Crippen molar-refractivity contribution in [1.29, 1.82) is 0 Å². The van der Waals surface area contributed by atoms with Crippen molar-refractivity contribution in [2.45, 2.75) is 0 Å². The molecular formula is C20H23Cl2N3O2. The molecule has 2 aromatic carbocycles. The summed E-state index contributed by atoms with van der Waals surface area (Å²) in [5.74, 6) is -0.410. The number of piperazine rings is 1. The summed E-state index contributed by atoms with van der Waals surface area (Å²) in [5, 5.41) is 6.80. The second kappa shape index (κ2) is 10.4. The van der Waals surface area contributed by atoms with Crippen LogP contribution in [0, 0.1) is 0 Å². The van der Waals surface area contributed by atoms with Crippen LogP contribution in [0.1, 0.15) is 26.3 Å². The summed E-state index contributed by atoms with van der Waals surface area (Å²) in [7, 11) is 0. The number of carbonyl (C=O) groups is 2. The number of hydrogen-bond acceptors (Lipinski definition) is 4. The molecule has 0 bridgehead atoms. The van der Waals surface area contributed by atoms with Gasteiger partial charge in [0.15, 0.2) is 5.78 Å². The summed E-state index contributed by atoms with van der Waals surface area (Å²) < 4.78 is 0. The summed E-state index contributed by atoms with van der Waals surface area (Å²) in [5.41, 5.74) is 1.30. The summed E-state index contributed by atoms with van der Waals surface area (Å²) in [6, 6.07) is 13.6. The lowest BCUT2D eigenvalue weighted by atomic mass is 9.98. The van der Waals surface area contributed by atoms with Crippen LogP contribution in [0.2, 0.25) is 5.02 Å². The highest BCUT2D eigenvalue weighted by atomic mass is 35.5. The van der Waals surface area contributed by atoms with Gasteiger partial charge in [0.05, 0.1) is 5.56 Å². The predicted molar refractivity (Wildman–Crippen MR) is 110 cm³/mol. The van der Waals surface area contributed by atoms with Crippen molar-refractivity contribution in [3.05, 3.63) is 70.2 Å². The number of nitrogens with zero attached hydrogens (tertiary/aromatic N) is 1. The van der Waals surface area contributed by atoms with E-state index in [-0.39, 0.29) is 24.1 Å². The molecule has 0 atom stereocenters. The number of hydrogen-bond donors (Lipinski definition) is 2. The first-order valence-electron chi connectivity index (χ1n) is 8.76. The minimum atomic E-state index is -0.224. The van der Waals surface area contributed by atoms with Crippen LogP contribution in [-0.2, 0) is 0 Å². The molecule has 5 nitrogen and oxygen atoms in total. The average molecular weight is 408 g/mol. The molecular weight excluding hydrogens is 385 g/mol. The number of ketones is 1. The molecule has 0 unspecified atom stereocenters. The van der Waals surface area contributed by atoms with Gasteiger partial charge in [0, 0.05) is 55.4 Å². The lowest BCUT2D eigenvalue weighted by Gasteiger charge is -2.27. The minimum absolute atomic E-state index is 0. The zero-order valence-electron chi connectivity index (χ0n) is 14.9. The lowest BCUT2D eigenvalue weighted by molar-refractivity contribution is 0.0936. The summed E-state index contributed by atoms with van der Waals surface area (Å²) in [4.78, 5) is 27.7. The van der Waals surface area contributed by atoms with E-state index in [2.05, 4.69) is 15.5 Å². The molecule has 0 aromatic heterocycles. The molecule has 0 spiro atoms. The molecule has 3 rings (SSSR count). The third-order valence-corrected chi connectivity index (χ3v) is 4.70. The van der Waals surface area contributed by atoms with Crippen molar-refractivity contribution in [2.75, 3.05) is 39.3 Å². The maximum absolute atomic E-state index is 12.8. The minimum Gasteiger partial charge on any atom is -0.351 e. The highest BCUT2D eigenvalue weighted by Crippen LogP contribution is 2.17. The largest absolute Gasteiger partial charge is 0.351 e. The van der Waals surface area contributed by atoms with E-state index in [1.807, 2.05) is 0 Å². The van der Waals surface area contributed by atoms with Gasteiger partial charge in [0.2, 0.25) is 0 Å². The first-order valence-corrected chi connectivity index (χ1v) is 9.13. The third kappa shape index (κ3) is 5.78. The number of carbonyl (C=O) groups excluding carboxylic acids is 2. The number of rotatable bonds is 6. The van der Waals surface area contributed by atoms with E-state index < -0.39 is 0 Å². The topological polar surface area (TPSA) is 61.4 Å². The lowest BCUT2D eigenvalue weighted by Crippen LogP contribution is -2.46. The van der Waals surface area contributed by atoms with Crippen molar-refractivity contribution >= 4 is 35.7 Å². The highest BCUT2D eigenvalue weighted by Gasteiger charge is 2.18. The summed E-state index contributed by atoms with van der Waals surface area (Å²) in [6.07, 6.45) is 0. The molecule has 7 heteroatoms. The number of nitrogens with one attached hydrogen (secondary N) is 2. The standard InChI is InChI=1S/C20H22ClN3O2.ClH/c21-16-7-5-15(6-8-16)19(25)17-3-1-2-4-18(17)20(26)23-11-14-24-12-9-22-10-13-24;/h1-8,22H,9-14H2,(H,23,26);1H. The molecule has 2 N–H and O–H groups in total. The van der Waals surface area contributed by atoms with E-state index in [1.165, 1.54) is 0 Å². The first kappa shape index (κ1) is 21.4. The van der Waals surface area contributed by atoms with Crippen molar-refractivity contribution < 1.29 is 9.59 Å². The van der Waals surface area contributed by atoms with Gasteiger partial charge in [-0.05, 0) is 30.3 Å². The quantitative estimate of drug-likeness (QED) is 0.722. The second-order valence-electron chi connectivity index (χ2n) is 6.23. The zero-order valence-corrected chi connectivity index (χ0v) is 16.5. The van der Waals surface area contributed by atoms with Crippen molar-refractivity contribution in [3.8, 4) is 0 Å². The van der Waals surface area contributed by atoms with Crippen LogP contribution in [0.4, 0.5) is 0 Å². The Morgan fingerprint density at radius 3 is 2.30 bits per heavy atom. The fourth-order valence-electron chi connectivity index (χ4n) is 2.99. The Balaban J connectivity index is 0.00000261. The summed E-state index contributed by atoms with van der Waals surface area (Å²) in [6.45, 7) is 5.30. The Hall–Kier alpha value is -1.92. The SMILES string of the molecule is Cl.O=C(NCCN1CCNCC1)c1ccccc1C(=O)c1ccc(Cl)cc1. The third-order valence-electron chi connectivity index (χ3n) is 4.45. The van der Waals surface area contributed by atoms with Crippen molar-refractivity contribution in [2.24, 2.45) is 0 Å². The van der Waals surface area contributed by atoms with Crippen LogP contribution < -0.4 is 10.6 Å². The molecule has 2 aromatic rings. The second-order valence-corrected chi connectivity index (χ2v) is 6.67. The molecule has 0 aliphatic carbocycles. The number of amides is 1. The van der Waals surface area contributed by atoms with Crippen LogP contribution in [0.25, 0.3) is 0 Å². The van der Waals surface area contributed by atoms with Gasteiger partial charge in [-0.3, -0.25) is 14.5 Å². The van der Waals surface area contributed by atoms with Crippen LogP contribution >= 0.6 is 24.0 Å². The smallest absolute Gasteiger partial charge is 0.252 e. The predicted octanol–water partition coefficient (Wildman–Crippen LogP) is 2.63. The Morgan fingerprint density at radius 2 is 1.63 bits per heavy atom. The van der Waals surface area contributed by atoms with Gasteiger partial charge >= 0.3 is 0 Å². The first-order chi connectivity index (χ1) is 12.6. The van der Waals surface area contributed by atoms with E-state index in [0.717, 1.165) is 32.7 Å².